The summed E-state index contributed by atoms with van der Waals surface area (Å²) in [6.07, 6.45) is 2.22. The Morgan fingerprint density at radius 1 is 1.24 bits per heavy atom. The predicted molar refractivity (Wildman–Crippen MR) is 92.6 cm³/mol. The van der Waals surface area contributed by atoms with Crippen LogP contribution in [0.4, 0.5) is 0 Å². The Bertz CT molecular complexity index is 715. The molecule has 7 nitrogen and oxygen atoms in total. The van der Waals surface area contributed by atoms with Gasteiger partial charge in [0.2, 0.25) is 15.9 Å². The zero-order valence-electron chi connectivity index (χ0n) is 14.3. The number of sulfonamides is 1. The normalized spacial score (nSPS) is 18.2. The maximum Gasteiger partial charge on any atom is 0.303 e. The molecule has 1 amide bonds. The number of carbonyl (C=O) groups is 2. The molecule has 25 heavy (non-hydrogen) atoms. The third-order valence-electron chi connectivity index (χ3n) is 4.25. The Morgan fingerprint density at radius 2 is 1.92 bits per heavy atom. The van der Waals surface area contributed by atoms with Crippen LogP contribution >= 0.6 is 0 Å². The van der Waals surface area contributed by atoms with Gasteiger partial charge in [-0.1, -0.05) is 17.7 Å². The number of hydrogen-bond donors (Lipinski definition) is 2. The number of aryl methyl sites for hydroxylation is 1. The van der Waals surface area contributed by atoms with Crippen molar-refractivity contribution in [3.05, 3.63) is 29.8 Å². The highest BCUT2D eigenvalue weighted by atomic mass is 32.2. The number of carbonyl (C=O) groups excluding carboxylic acids is 1. The van der Waals surface area contributed by atoms with E-state index in [1.165, 1.54) is 4.31 Å². The van der Waals surface area contributed by atoms with Gasteiger partial charge in [-0.2, -0.15) is 4.31 Å². The van der Waals surface area contributed by atoms with Gasteiger partial charge in [-0.25, -0.2) is 8.42 Å². The highest BCUT2D eigenvalue weighted by Gasteiger charge is 2.39. The topological polar surface area (TPSA) is 104 Å². The van der Waals surface area contributed by atoms with Crippen molar-refractivity contribution >= 4 is 21.9 Å². The van der Waals surface area contributed by atoms with Crippen LogP contribution in [0.2, 0.25) is 0 Å². The monoisotopic (exact) mass is 368 g/mol. The van der Waals surface area contributed by atoms with Gasteiger partial charge in [0, 0.05) is 19.5 Å². The number of benzene rings is 1. The van der Waals surface area contributed by atoms with Crippen molar-refractivity contribution in [1.82, 2.24) is 9.62 Å². The van der Waals surface area contributed by atoms with Crippen molar-refractivity contribution in [2.24, 2.45) is 0 Å². The third-order valence-corrected chi connectivity index (χ3v) is 6.17. The van der Waals surface area contributed by atoms with E-state index in [1.807, 2.05) is 6.92 Å². The second-order valence-electron chi connectivity index (χ2n) is 6.23. The van der Waals surface area contributed by atoms with Gasteiger partial charge < -0.3 is 10.4 Å². The molecule has 0 aliphatic carbocycles. The lowest BCUT2D eigenvalue weighted by Crippen LogP contribution is -2.46. The first kappa shape index (κ1) is 19.4. The van der Waals surface area contributed by atoms with Crippen LogP contribution in [0.25, 0.3) is 0 Å². The summed E-state index contributed by atoms with van der Waals surface area (Å²) < 4.78 is 26.9. The van der Waals surface area contributed by atoms with Crippen LogP contribution in [-0.2, 0) is 19.6 Å². The molecule has 1 aromatic carbocycles. The van der Waals surface area contributed by atoms with Crippen LogP contribution in [0.1, 0.15) is 37.7 Å². The van der Waals surface area contributed by atoms with E-state index in [9.17, 15) is 18.0 Å². The Balaban J connectivity index is 1.97. The molecule has 8 heteroatoms. The number of unbranched alkanes of at least 4 members (excludes halogenated alkanes) is 1. The average Bonchev–Trinajstić information content (AvgIpc) is 3.05. The van der Waals surface area contributed by atoms with Crippen LogP contribution in [-0.4, -0.2) is 48.8 Å². The molecule has 0 saturated carbocycles. The fourth-order valence-corrected chi connectivity index (χ4v) is 4.52. The van der Waals surface area contributed by atoms with Crippen molar-refractivity contribution in [3.63, 3.8) is 0 Å². The lowest BCUT2D eigenvalue weighted by Gasteiger charge is -2.23. The molecule has 0 spiro atoms. The van der Waals surface area contributed by atoms with Crippen molar-refractivity contribution < 1.29 is 23.1 Å². The third kappa shape index (κ3) is 5.02. The molecule has 0 bridgehead atoms. The first-order valence-corrected chi connectivity index (χ1v) is 9.84. The second-order valence-corrected chi connectivity index (χ2v) is 8.12. The number of carboxylic acids is 1. The second kappa shape index (κ2) is 8.44. The van der Waals surface area contributed by atoms with Gasteiger partial charge in [0.1, 0.15) is 6.04 Å². The summed E-state index contributed by atoms with van der Waals surface area (Å²) in [4.78, 5) is 23.0. The van der Waals surface area contributed by atoms with Gasteiger partial charge in [-0.05, 0) is 44.7 Å². The van der Waals surface area contributed by atoms with Crippen LogP contribution in [0.3, 0.4) is 0 Å². The van der Waals surface area contributed by atoms with Gasteiger partial charge in [-0.15, -0.1) is 0 Å². The summed E-state index contributed by atoms with van der Waals surface area (Å²) in [7, 11) is -3.70. The molecule has 1 fully saturated rings. The number of carboxylic acid groups (broad SMARTS) is 1. The molecular weight excluding hydrogens is 344 g/mol. The first-order valence-electron chi connectivity index (χ1n) is 8.40. The largest absolute Gasteiger partial charge is 0.481 e. The quantitative estimate of drug-likeness (QED) is 0.677. The van der Waals surface area contributed by atoms with Crippen LogP contribution in [0.15, 0.2) is 29.2 Å². The maximum absolute atomic E-state index is 12.8. The van der Waals surface area contributed by atoms with Crippen molar-refractivity contribution in [3.8, 4) is 0 Å². The highest BCUT2D eigenvalue weighted by Crippen LogP contribution is 2.26. The van der Waals surface area contributed by atoms with E-state index in [1.54, 1.807) is 24.3 Å². The van der Waals surface area contributed by atoms with Crippen LogP contribution in [0.5, 0.6) is 0 Å². The minimum absolute atomic E-state index is 0.0627. The van der Waals surface area contributed by atoms with Crippen molar-refractivity contribution in [2.45, 2.75) is 50.0 Å². The Labute approximate surface area is 148 Å². The number of nitrogens with one attached hydrogen (secondary N) is 1. The summed E-state index contributed by atoms with van der Waals surface area (Å²) in [5.41, 5.74) is 0.969. The lowest BCUT2D eigenvalue weighted by atomic mass is 10.2. The number of rotatable bonds is 8. The van der Waals surface area contributed by atoms with Gasteiger partial charge in [-0.3, -0.25) is 9.59 Å². The predicted octanol–water partition coefficient (Wildman–Crippen LogP) is 1.52. The SMILES string of the molecule is Cc1ccc(S(=O)(=O)N2CCC[C@@H]2C(=O)NCCCCC(=O)O)cc1. The zero-order valence-corrected chi connectivity index (χ0v) is 15.1. The van der Waals surface area contributed by atoms with E-state index < -0.39 is 22.0 Å². The van der Waals surface area contributed by atoms with E-state index in [4.69, 9.17) is 5.11 Å². The maximum atomic E-state index is 12.8. The molecule has 2 N–H and O–H groups in total. The molecule has 1 saturated heterocycles. The van der Waals surface area contributed by atoms with E-state index in [-0.39, 0.29) is 17.2 Å². The fourth-order valence-electron chi connectivity index (χ4n) is 2.87. The fraction of sp³-hybridized carbons (Fsp3) is 0.529. The minimum atomic E-state index is -3.70. The Kier molecular flexibility index (Phi) is 6.55. The molecule has 1 aliphatic heterocycles. The summed E-state index contributed by atoms with van der Waals surface area (Å²) in [6, 6.07) is 5.89. The van der Waals surface area contributed by atoms with E-state index in [0.717, 1.165) is 5.56 Å². The van der Waals surface area contributed by atoms with Crippen molar-refractivity contribution in [1.29, 1.82) is 0 Å². The molecule has 0 unspecified atom stereocenters. The summed E-state index contributed by atoms with van der Waals surface area (Å²) in [5.74, 6) is -1.18. The molecule has 138 valence electrons. The summed E-state index contributed by atoms with van der Waals surface area (Å²) in [6.45, 7) is 2.56. The Morgan fingerprint density at radius 3 is 2.56 bits per heavy atom. The van der Waals surface area contributed by atoms with E-state index >= 15 is 0 Å². The smallest absolute Gasteiger partial charge is 0.303 e. The van der Waals surface area contributed by atoms with Gasteiger partial charge in [0.15, 0.2) is 0 Å². The highest BCUT2D eigenvalue weighted by molar-refractivity contribution is 7.89. The zero-order chi connectivity index (χ0) is 18.4. The van der Waals surface area contributed by atoms with E-state index in [0.29, 0.717) is 38.8 Å². The molecule has 0 radical (unpaired) electrons. The molecular formula is C17H24N2O5S. The van der Waals surface area contributed by atoms with Gasteiger partial charge in [0.25, 0.3) is 0 Å². The molecule has 1 aromatic rings. The minimum Gasteiger partial charge on any atom is -0.481 e. The Hall–Kier alpha value is -1.93. The van der Waals surface area contributed by atoms with Gasteiger partial charge in [0.05, 0.1) is 4.90 Å². The summed E-state index contributed by atoms with van der Waals surface area (Å²) in [5, 5.41) is 11.3. The van der Waals surface area contributed by atoms with Crippen LogP contribution < -0.4 is 5.32 Å². The molecule has 1 heterocycles. The number of amides is 1. The van der Waals surface area contributed by atoms with Crippen LogP contribution in [0, 0.1) is 6.92 Å². The standard InChI is InChI=1S/C17H24N2O5S/c1-13-7-9-14(10-8-13)25(23,24)19-12-4-5-15(19)17(22)18-11-3-2-6-16(20)21/h7-10,15H,2-6,11-12H2,1H3,(H,18,22)(H,20,21)/t15-/m1/s1. The number of hydrogen-bond acceptors (Lipinski definition) is 4. The van der Waals surface area contributed by atoms with Gasteiger partial charge >= 0.3 is 5.97 Å². The van der Waals surface area contributed by atoms with E-state index in [2.05, 4.69) is 5.32 Å². The molecule has 1 aliphatic rings. The molecule has 0 aromatic heterocycles. The number of nitrogens with zero attached hydrogens (tertiary/aromatic N) is 1. The number of aliphatic carboxylic acids is 1. The summed E-state index contributed by atoms with van der Waals surface area (Å²) >= 11 is 0. The molecule has 2 rings (SSSR count). The average molecular weight is 368 g/mol. The van der Waals surface area contributed by atoms with Crippen molar-refractivity contribution in [2.75, 3.05) is 13.1 Å². The lowest BCUT2D eigenvalue weighted by molar-refractivity contribution is -0.137. The molecule has 1 atom stereocenters. The first-order chi connectivity index (χ1) is 11.8.